The third-order valence-corrected chi connectivity index (χ3v) is 4.27. The van der Waals surface area contributed by atoms with E-state index in [2.05, 4.69) is 15.0 Å². The molecule has 1 aromatic rings. The summed E-state index contributed by atoms with van der Waals surface area (Å²) in [5.41, 5.74) is 0.894. The number of aryl methyl sites for hydroxylation is 1. The van der Waals surface area contributed by atoms with Crippen LogP contribution in [0.2, 0.25) is 0 Å². The molecule has 0 unspecified atom stereocenters. The lowest BCUT2D eigenvalue weighted by Gasteiger charge is -2.32. The maximum atomic E-state index is 12.0. The highest BCUT2D eigenvalue weighted by Crippen LogP contribution is 2.17. The van der Waals surface area contributed by atoms with Crippen LogP contribution in [0, 0.1) is 6.92 Å². The molecule has 1 aliphatic heterocycles. The topological polar surface area (TPSA) is 107 Å². The van der Waals surface area contributed by atoms with Crippen molar-refractivity contribution in [2.24, 2.45) is 0 Å². The van der Waals surface area contributed by atoms with Gasteiger partial charge in [-0.25, -0.2) is 13.1 Å². The molecule has 9 heteroatoms. The largest absolute Gasteiger partial charge is 0.484 e. The summed E-state index contributed by atoms with van der Waals surface area (Å²) >= 11 is 0. The smallest absolute Gasteiger partial charge is 0.221 e. The molecule has 2 atom stereocenters. The average Bonchev–Trinajstić information content (AvgIpc) is 2.50. The summed E-state index contributed by atoms with van der Waals surface area (Å²) in [6.07, 6.45) is 3.09. The monoisotopic (exact) mass is 357 g/mol. The molecule has 24 heavy (non-hydrogen) atoms. The van der Waals surface area contributed by atoms with Crippen molar-refractivity contribution in [3.63, 3.8) is 0 Å². The molecule has 2 rings (SSSR count). The molecule has 1 saturated heterocycles. The lowest BCUT2D eigenvalue weighted by Crippen LogP contribution is -2.51. The number of nitrogens with zero attached hydrogens (tertiary/aromatic N) is 1. The second-order valence-corrected chi connectivity index (χ2v) is 7.58. The summed E-state index contributed by atoms with van der Waals surface area (Å²) in [6.45, 7) is 2.88. The van der Waals surface area contributed by atoms with Crippen LogP contribution in [0.4, 0.5) is 0 Å². The van der Waals surface area contributed by atoms with E-state index in [-0.39, 0.29) is 31.0 Å². The van der Waals surface area contributed by atoms with E-state index in [0.717, 1.165) is 11.9 Å². The third-order valence-electron chi connectivity index (χ3n) is 3.54. The number of amides is 1. The van der Waals surface area contributed by atoms with Crippen LogP contribution in [-0.2, 0) is 19.6 Å². The quantitative estimate of drug-likeness (QED) is 0.710. The number of carbonyl (C=O) groups is 1. The Morgan fingerprint density at radius 1 is 1.46 bits per heavy atom. The number of pyridine rings is 1. The van der Waals surface area contributed by atoms with Gasteiger partial charge in [0.1, 0.15) is 11.9 Å². The van der Waals surface area contributed by atoms with Gasteiger partial charge < -0.3 is 14.8 Å². The van der Waals surface area contributed by atoms with Crippen molar-refractivity contribution in [1.82, 2.24) is 15.0 Å². The summed E-state index contributed by atoms with van der Waals surface area (Å²) in [4.78, 5) is 16.2. The molecule has 1 fully saturated rings. The Morgan fingerprint density at radius 3 is 2.92 bits per heavy atom. The van der Waals surface area contributed by atoms with Crippen molar-refractivity contribution in [2.45, 2.75) is 31.9 Å². The molecule has 0 saturated carbocycles. The molecule has 2 heterocycles. The van der Waals surface area contributed by atoms with Gasteiger partial charge in [-0.2, -0.15) is 0 Å². The predicted octanol–water partition coefficient (Wildman–Crippen LogP) is -0.0182. The molecule has 0 radical (unpaired) electrons. The number of hydrogen-bond acceptors (Lipinski definition) is 6. The minimum Gasteiger partial charge on any atom is -0.484 e. The Kier molecular flexibility index (Phi) is 6.52. The maximum absolute atomic E-state index is 12.0. The van der Waals surface area contributed by atoms with Crippen molar-refractivity contribution in [1.29, 1.82) is 0 Å². The molecule has 0 spiro atoms. The van der Waals surface area contributed by atoms with E-state index in [1.54, 1.807) is 6.20 Å². The molecule has 1 aliphatic rings. The minimum atomic E-state index is -3.29. The second kappa shape index (κ2) is 8.41. The van der Waals surface area contributed by atoms with Crippen LogP contribution < -0.4 is 14.8 Å². The van der Waals surface area contributed by atoms with Gasteiger partial charge in [0.05, 0.1) is 25.1 Å². The molecule has 134 valence electrons. The number of hydrogen-bond donors (Lipinski definition) is 2. The van der Waals surface area contributed by atoms with E-state index in [1.807, 2.05) is 19.1 Å². The minimum absolute atomic E-state index is 0.0707. The van der Waals surface area contributed by atoms with E-state index >= 15 is 0 Å². The fourth-order valence-electron chi connectivity index (χ4n) is 2.32. The Morgan fingerprint density at radius 2 is 2.25 bits per heavy atom. The standard InChI is InChI=1S/C15H23N3O5S/c1-11-3-4-12(9-16-11)23-14-10-22-8-6-13(14)18-15(19)5-7-17-24(2,20)21/h3-4,9,13-14,17H,5-8,10H2,1-2H3,(H,18,19)/t13-,14+/m0/s1. The van der Waals surface area contributed by atoms with E-state index in [0.29, 0.717) is 25.4 Å². The summed E-state index contributed by atoms with van der Waals surface area (Å²) in [5.74, 6) is 0.391. The fourth-order valence-corrected chi connectivity index (χ4v) is 2.79. The zero-order valence-corrected chi connectivity index (χ0v) is 14.6. The molecule has 2 N–H and O–H groups in total. The summed E-state index contributed by atoms with van der Waals surface area (Å²) in [6, 6.07) is 3.49. The molecular weight excluding hydrogens is 334 g/mol. The fraction of sp³-hybridized carbons (Fsp3) is 0.600. The van der Waals surface area contributed by atoms with Gasteiger partial charge in [0.25, 0.3) is 0 Å². The highest BCUT2D eigenvalue weighted by molar-refractivity contribution is 7.88. The number of aromatic nitrogens is 1. The van der Waals surface area contributed by atoms with Gasteiger partial charge in [-0.3, -0.25) is 9.78 Å². The third kappa shape index (κ3) is 6.42. The second-order valence-electron chi connectivity index (χ2n) is 5.75. The van der Waals surface area contributed by atoms with Crippen molar-refractivity contribution in [2.75, 3.05) is 26.0 Å². The SMILES string of the molecule is Cc1ccc(O[C@@H]2COCC[C@@H]2NC(=O)CCNS(C)(=O)=O)cn1. The molecule has 0 aliphatic carbocycles. The number of sulfonamides is 1. The average molecular weight is 357 g/mol. The van der Waals surface area contributed by atoms with Crippen LogP contribution in [0.5, 0.6) is 5.75 Å². The summed E-state index contributed by atoms with van der Waals surface area (Å²) in [5, 5.41) is 2.89. The van der Waals surface area contributed by atoms with Crippen molar-refractivity contribution in [3.05, 3.63) is 24.0 Å². The van der Waals surface area contributed by atoms with Gasteiger partial charge in [-0.05, 0) is 25.5 Å². The normalized spacial score (nSPS) is 21.2. The summed E-state index contributed by atoms with van der Waals surface area (Å²) < 4.78 is 35.6. The molecule has 1 amide bonds. The summed E-state index contributed by atoms with van der Waals surface area (Å²) in [7, 11) is -3.29. The van der Waals surface area contributed by atoms with Crippen LogP contribution >= 0.6 is 0 Å². The van der Waals surface area contributed by atoms with Gasteiger partial charge in [0, 0.05) is 25.3 Å². The Balaban J connectivity index is 1.86. The van der Waals surface area contributed by atoms with E-state index in [4.69, 9.17) is 9.47 Å². The van der Waals surface area contributed by atoms with Gasteiger partial charge in [0.2, 0.25) is 15.9 Å². The molecular formula is C15H23N3O5S. The van der Waals surface area contributed by atoms with Crippen molar-refractivity contribution in [3.8, 4) is 5.75 Å². The van der Waals surface area contributed by atoms with E-state index < -0.39 is 10.0 Å². The van der Waals surface area contributed by atoms with Crippen LogP contribution in [0.3, 0.4) is 0 Å². The van der Waals surface area contributed by atoms with Gasteiger partial charge in [-0.15, -0.1) is 0 Å². The van der Waals surface area contributed by atoms with Crippen LogP contribution in [-0.4, -0.2) is 57.5 Å². The highest BCUT2D eigenvalue weighted by atomic mass is 32.2. The maximum Gasteiger partial charge on any atom is 0.221 e. The van der Waals surface area contributed by atoms with Crippen LogP contribution in [0.1, 0.15) is 18.5 Å². The van der Waals surface area contributed by atoms with Crippen molar-refractivity contribution < 1.29 is 22.7 Å². The number of carbonyl (C=O) groups excluding carboxylic acids is 1. The van der Waals surface area contributed by atoms with Gasteiger partial charge >= 0.3 is 0 Å². The first kappa shape index (κ1) is 18.6. The van der Waals surface area contributed by atoms with E-state index in [9.17, 15) is 13.2 Å². The van der Waals surface area contributed by atoms with Crippen LogP contribution in [0.25, 0.3) is 0 Å². The lowest BCUT2D eigenvalue weighted by atomic mass is 10.1. The van der Waals surface area contributed by atoms with E-state index in [1.165, 1.54) is 0 Å². The first-order valence-corrected chi connectivity index (χ1v) is 9.64. The van der Waals surface area contributed by atoms with Crippen LogP contribution in [0.15, 0.2) is 18.3 Å². The molecule has 0 aromatic carbocycles. The Labute approximate surface area is 142 Å². The van der Waals surface area contributed by atoms with Gasteiger partial charge in [-0.1, -0.05) is 0 Å². The first-order chi connectivity index (χ1) is 11.3. The molecule has 1 aromatic heterocycles. The molecule has 0 bridgehead atoms. The number of rotatable bonds is 7. The number of ether oxygens (including phenoxy) is 2. The number of nitrogens with one attached hydrogen (secondary N) is 2. The zero-order valence-electron chi connectivity index (χ0n) is 13.8. The predicted molar refractivity (Wildman–Crippen MR) is 88.2 cm³/mol. The highest BCUT2D eigenvalue weighted by Gasteiger charge is 2.29. The lowest BCUT2D eigenvalue weighted by molar-refractivity contribution is -0.123. The van der Waals surface area contributed by atoms with Crippen molar-refractivity contribution >= 4 is 15.9 Å². The Bertz CT molecular complexity index is 648. The van der Waals surface area contributed by atoms with Gasteiger partial charge in [0.15, 0.2) is 0 Å². The first-order valence-electron chi connectivity index (χ1n) is 7.74. The molecule has 8 nitrogen and oxygen atoms in total. The Hall–Kier alpha value is -1.71. The zero-order chi connectivity index (χ0) is 17.6.